The average molecular weight is 261 g/mol. The molecule has 0 amide bonds. The van der Waals surface area contributed by atoms with Gasteiger partial charge in [-0.25, -0.2) is 4.68 Å². The number of aliphatic carboxylic acids is 1. The average Bonchev–Trinajstić information content (AvgIpc) is 2.86. The van der Waals surface area contributed by atoms with Crippen molar-refractivity contribution in [3.8, 4) is 11.4 Å². The predicted molar refractivity (Wildman–Crippen MR) is 67.3 cm³/mol. The van der Waals surface area contributed by atoms with Crippen LogP contribution >= 0.6 is 0 Å². The highest BCUT2D eigenvalue weighted by atomic mass is 16.4. The van der Waals surface area contributed by atoms with Gasteiger partial charge < -0.3 is 5.11 Å². The number of hydrogen-bond donors (Lipinski definition) is 1. The fourth-order valence-corrected chi connectivity index (χ4v) is 1.78. The standard InChI is InChI=1S/C12H15N5O2/c1-7(12(18)19)9(3)17-11(14-15-16-17)10-5-4-6-13-8(10)2/h4-7,9H,1-3H3,(H,18,19). The van der Waals surface area contributed by atoms with Gasteiger partial charge in [0.25, 0.3) is 0 Å². The normalized spacial score (nSPS) is 14.1. The number of rotatable bonds is 4. The number of aromatic nitrogens is 5. The van der Waals surface area contributed by atoms with Crippen molar-refractivity contribution in [1.82, 2.24) is 25.2 Å². The van der Waals surface area contributed by atoms with E-state index in [0.29, 0.717) is 5.82 Å². The van der Waals surface area contributed by atoms with Crippen LogP contribution in [0.1, 0.15) is 25.6 Å². The van der Waals surface area contributed by atoms with Crippen molar-refractivity contribution < 1.29 is 9.90 Å². The van der Waals surface area contributed by atoms with Crippen molar-refractivity contribution in [1.29, 1.82) is 0 Å². The van der Waals surface area contributed by atoms with Crippen LogP contribution in [0.15, 0.2) is 18.3 Å². The van der Waals surface area contributed by atoms with Crippen molar-refractivity contribution in [3.63, 3.8) is 0 Å². The zero-order valence-electron chi connectivity index (χ0n) is 11.0. The van der Waals surface area contributed by atoms with Gasteiger partial charge in [-0.1, -0.05) is 0 Å². The molecule has 2 unspecified atom stereocenters. The molecule has 0 aliphatic rings. The number of hydrogen-bond acceptors (Lipinski definition) is 5. The van der Waals surface area contributed by atoms with E-state index in [9.17, 15) is 4.79 Å². The van der Waals surface area contributed by atoms with Crippen LogP contribution in [-0.4, -0.2) is 36.3 Å². The lowest BCUT2D eigenvalue weighted by atomic mass is 10.0. The van der Waals surface area contributed by atoms with E-state index in [1.54, 1.807) is 26.1 Å². The van der Waals surface area contributed by atoms with Gasteiger partial charge in [-0.2, -0.15) is 0 Å². The molecular weight excluding hydrogens is 246 g/mol. The summed E-state index contributed by atoms with van der Waals surface area (Å²) in [7, 11) is 0. The lowest BCUT2D eigenvalue weighted by Gasteiger charge is -2.17. The molecule has 2 atom stereocenters. The molecule has 0 aromatic carbocycles. The molecule has 2 aromatic heterocycles. The van der Waals surface area contributed by atoms with Crippen LogP contribution in [0.4, 0.5) is 0 Å². The number of carbonyl (C=O) groups is 1. The summed E-state index contributed by atoms with van der Waals surface area (Å²) in [5, 5.41) is 20.6. The Labute approximate surface area is 110 Å². The van der Waals surface area contributed by atoms with Crippen LogP contribution in [0.25, 0.3) is 11.4 Å². The molecular formula is C12H15N5O2. The minimum atomic E-state index is -0.878. The molecule has 2 heterocycles. The Morgan fingerprint density at radius 1 is 1.42 bits per heavy atom. The van der Waals surface area contributed by atoms with E-state index in [2.05, 4.69) is 20.5 Å². The third-order valence-corrected chi connectivity index (χ3v) is 3.24. The highest BCUT2D eigenvalue weighted by Gasteiger charge is 2.25. The summed E-state index contributed by atoms with van der Waals surface area (Å²) in [6.45, 7) is 5.28. The first kappa shape index (κ1) is 13.1. The summed E-state index contributed by atoms with van der Waals surface area (Å²) < 4.78 is 1.53. The second kappa shape index (κ2) is 5.13. The molecule has 0 saturated carbocycles. The Morgan fingerprint density at radius 3 is 2.79 bits per heavy atom. The molecule has 0 aliphatic carbocycles. The maximum Gasteiger partial charge on any atom is 0.308 e. The number of tetrazole rings is 1. The topological polar surface area (TPSA) is 93.8 Å². The molecule has 2 aromatic rings. The second-order valence-corrected chi connectivity index (χ2v) is 4.45. The molecule has 0 bridgehead atoms. The molecule has 0 aliphatic heterocycles. The quantitative estimate of drug-likeness (QED) is 0.892. The van der Waals surface area contributed by atoms with Crippen molar-refractivity contribution in [2.24, 2.45) is 5.92 Å². The fourth-order valence-electron chi connectivity index (χ4n) is 1.78. The molecule has 0 spiro atoms. The van der Waals surface area contributed by atoms with Crippen LogP contribution in [0.3, 0.4) is 0 Å². The van der Waals surface area contributed by atoms with Gasteiger partial charge in [0.1, 0.15) is 0 Å². The molecule has 7 heteroatoms. The Morgan fingerprint density at radius 2 is 2.16 bits per heavy atom. The lowest BCUT2D eigenvalue weighted by Crippen LogP contribution is -2.23. The number of carboxylic acids is 1. The lowest BCUT2D eigenvalue weighted by molar-refractivity contribution is -0.142. The van der Waals surface area contributed by atoms with Gasteiger partial charge in [0.05, 0.1) is 12.0 Å². The summed E-state index contributed by atoms with van der Waals surface area (Å²) in [5.74, 6) is -0.928. The molecule has 0 radical (unpaired) electrons. The highest BCUT2D eigenvalue weighted by molar-refractivity contribution is 5.70. The fraction of sp³-hybridized carbons (Fsp3) is 0.417. The second-order valence-electron chi connectivity index (χ2n) is 4.45. The Kier molecular flexibility index (Phi) is 3.55. The summed E-state index contributed by atoms with van der Waals surface area (Å²) in [6, 6.07) is 3.32. The van der Waals surface area contributed by atoms with Gasteiger partial charge in [0.2, 0.25) is 0 Å². The van der Waals surface area contributed by atoms with Crippen molar-refractivity contribution in [3.05, 3.63) is 24.0 Å². The van der Waals surface area contributed by atoms with E-state index in [-0.39, 0.29) is 6.04 Å². The predicted octanol–water partition coefficient (Wildman–Crippen LogP) is 1.33. The van der Waals surface area contributed by atoms with Crippen molar-refractivity contribution in [2.75, 3.05) is 0 Å². The Bertz CT molecular complexity index is 595. The van der Waals surface area contributed by atoms with E-state index < -0.39 is 11.9 Å². The Balaban J connectivity index is 2.44. The third-order valence-electron chi connectivity index (χ3n) is 3.24. The van der Waals surface area contributed by atoms with E-state index in [1.165, 1.54) is 4.68 Å². The first-order chi connectivity index (χ1) is 9.02. The number of nitrogens with zero attached hydrogens (tertiary/aromatic N) is 5. The molecule has 100 valence electrons. The van der Waals surface area contributed by atoms with E-state index >= 15 is 0 Å². The monoisotopic (exact) mass is 261 g/mol. The third kappa shape index (κ3) is 2.44. The van der Waals surface area contributed by atoms with Gasteiger partial charge in [-0.3, -0.25) is 9.78 Å². The van der Waals surface area contributed by atoms with Gasteiger partial charge in [0.15, 0.2) is 5.82 Å². The summed E-state index contributed by atoms with van der Waals surface area (Å²) in [5.41, 5.74) is 1.60. The molecule has 1 N–H and O–H groups in total. The first-order valence-electron chi connectivity index (χ1n) is 5.95. The van der Waals surface area contributed by atoms with Crippen LogP contribution in [0.5, 0.6) is 0 Å². The number of pyridine rings is 1. The zero-order chi connectivity index (χ0) is 14.0. The smallest absolute Gasteiger partial charge is 0.308 e. The summed E-state index contributed by atoms with van der Waals surface area (Å²) in [4.78, 5) is 15.2. The van der Waals surface area contributed by atoms with Crippen molar-refractivity contribution >= 4 is 5.97 Å². The number of carboxylic acid groups (broad SMARTS) is 1. The van der Waals surface area contributed by atoms with Crippen LogP contribution in [0.2, 0.25) is 0 Å². The maximum atomic E-state index is 11.1. The highest BCUT2D eigenvalue weighted by Crippen LogP contribution is 2.24. The summed E-state index contributed by atoms with van der Waals surface area (Å²) >= 11 is 0. The maximum absolute atomic E-state index is 11.1. The SMILES string of the molecule is Cc1ncccc1-c1nnnn1C(C)C(C)C(=O)O. The Hall–Kier alpha value is -2.31. The van der Waals surface area contributed by atoms with Crippen LogP contribution in [-0.2, 0) is 4.79 Å². The molecule has 7 nitrogen and oxygen atoms in total. The molecule has 2 rings (SSSR count). The van der Waals surface area contributed by atoms with Crippen molar-refractivity contribution in [2.45, 2.75) is 26.8 Å². The molecule has 0 fully saturated rings. The molecule has 0 saturated heterocycles. The van der Waals surface area contributed by atoms with Gasteiger partial charge in [-0.15, -0.1) is 5.10 Å². The number of aryl methyl sites for hydroxylation is 1. The van der Waals surface area contributed by atoms with E-state index in [0.717, 1.165) is 11.3 Å². The summed E-state index contributed by atoms with van der Waals surface area (Å²) in [6.07, 6.45) is 1.69. The van der Waals surface area contributed by atoms with Gasteiger partial charge in [0, 0.05) is 17.5 Å². The zero-order valence-corrected chi connectivity index (χ0v) is 11.0. The van der Waals surface area contributed by atoms with Gasteiger partial charge in [-0.05, 0) is 43.3 Å². The van der Waals surface area contributed by atoms with Gasteiger partial charge >= 0.3 is 5.97 Å². The largest absolute Gasteiger partial charge is 0.481 e. The van der Waals surface area contributed by atoms with Crippen LogP contribution in [0, 0.1) is 12.8 Å². The van der Waals surface area contributed by atoms with E-state index in [4.69, 9.17) is 5.11 Å². The van der Waals surface area contributed by atoms with E-state index in [1.807, 2.05) is 13.0 Å². The minimum absolute atomic E-state index is 0.345. The van der Waals surface area contributed by atoms with Crippen LogP contribution < -0.4 is 0 Å². The minimum Gasteiger partial charge on any atom is -0.481 e. The molecule has 19 heavy (non-hydrogen) atoms. The first-order valence-corrected chi connectivity index (χ1v) is 5.95.